The molecule has 0 bridgehead atoms. The second kappa shape index (κ2) is 19.2. The number of carbonyl (C=O) groups excluding carboxylic acids is 1. The molecule has 5 aromatic rings. The molecule has 1 amide bonds. The van der Waals surface area contributed by atoms with Crippen LogP contribution in [0.15, 0.2) is 83.9 Å². The van der Waals surface area contributed by atoms with Crippen LogP contribution in [0.25, 0.3) is 11.0 Å². The quantitative estimate of drug-likeness (QED) is 0.0683. The van der Waals surface area contributed by atoms with Gasteiger partial charge in [0.25, 0.3) is 21.6 Å². The summed E-state index contributed by atoms with van der Waals surface area (Å²) in [5.74, 6) is 0.161. The number of fused-ring (bicyclic) bond motifs is 3. The monoisotopic (exact) mass is 1000 g/mol. The molecule has 6 aliphatic rings. The van der Waals surface area contributed by atoms with Crippen molar-refractivity contribution in [1.29, 1.82) is 0 Å². The third kappa shape index (κ3) is 9.40. The van der Waals surface area contributed by atoms with E-state index in [-0.39, 0.29) is 34.7 Å². The third-order valence-corrected chi connectivity index (χ3v) is 17.9. The minimum atomic E-state index is -4.61. The molecule has 0 unspecified atom stereocenters. The van der Waals surface area contributed by atoms with E-state index in [4.69, 9.17) is 19.2 Å². The normalized spacial score (nSPS) is 24.9. The summed E-state index contributed by atoms with van der Waals surface area (Å²) in [6, 6.07) is 22.3. The smallest absolute Gasteiger partial charge is 0.293 e. The Morgan fingerprint density at radius 1 is 0.958 bits per heavy atom. The molecule has 5 fully saturated rings. The zero-order valence-corrected chi connectivity index (χ0v) is 42.2. The number of pyridine rings is 1. The number of carbonyl (C=O) groups is 1. The molecule has 4 saturated heterocycles. The predicted octanol–water partition coefficient (Wildman–Crippen LogP) is 8.58. The van der Waals surface area contributed by atoms with Crippen LogP contribution in [0.2, 0.25) is 0 Å². The summed E-state index contributed by atoms with van der Waals surface area (Å²) in [6.07, 6.45) is 9.42. The number of β-amino-alcohol motifs (C(OH)–C–C–N with tert-alkyl or cyclic N) is 1. The predicted molar refractivity (Wildman–Crippen MR) is 275 cm³/mol. The number of aliphatic hydroxyl groups is 1. The number of hydrogen-bond donors (Lipinski definition) is 4. The summed E-state index contributed by atoms with van der Waals surface area (Å²) in [6.45, 7) is 11.2. The van der Waals surface area contributed by atoms with Gasteiger partial charge in [-0.1, -0.05) is 38.1 Å². The number of hydrogen-bond acceptors (Lipinski definition) is 14. The lowest BCUT2D eigenvalue weighted by molar-refractivity contribution is -0.384. The highest BCUT2D eigenvalue weighted by Crippen LogP contribution is 2.55. The number of nitro benzene ring substituents is 1. The molecule has 1 spiro atoms. The van der Waals surface area contributed by atoms with Crippen LogP contribution in [-0.4, -0.2) is 116 Å². The van der Waals surface area contributed by atoms with Gasteiger partial charge in [0, 0.05) is 81.4 Å². The summed E-state index contributed by atoms with van der Waals surface area (Å²) in [7, 11) is -4.61. The van der Waals surface area contributed by atoms with E-state index in [2.05, 4.69) is 67.8 Å². The van der Waals surface area contributed by atoms with E-state index < -0.39 is 43.1 Å². The summed E-state index contributed by atoms with van der Waals surface area (Å²) in [5, 5.41) is 27.7. The Hall–Kier alpha value is -5.79. The van der Waals surface area contributed by atoms with E-state index in [1.807, 2.05) is 31.2 Å². The van der Waals surface area contributed by atoms with Crippen molar-refractivity contribution in [2.45, 2.75) is 119 Å². The molecule has 1 aliphatic carbocycles. The van der Waals surface area contributed by atoms with Crippen LogP contribution in [0, 0.1) is 21.4 Å². The fourth-order valence-corrected chi connectivity index (χ4v) is 13.5. The van der Waals surface area contributed by atoms with Gasteiger partial charge in [-0.2, -0.15) is 4.98 Å². The average molecular weight is 1000 g/mol. The number of piperidine rings is 2. The number of aromatic amines is 1. The Balaban J connectivity index is 0.876. The van der Waals surface area contributed by atoms with Gasteiger partial charge >= 0.3 is 0 Å². The SMILES string of the molecule is CC(C)c1ccccc1[C@H]1CC[C@@](C)(O)CN1C1CC2(CCN(c3ccc(C(=O)NS(=O)(=O)c4ccc(NCC5CCOCC5)c([N+](=O)[O-])c4)c(N4c5cc6cc[nH]c6nc5O[C@H]5COCC[C@@H]54)c3)CC2)C1. The van der Waals surface area contributed by atoms with Crippen LogP contribution >= 0.6 is 0 Å². The number of likely N-dealkylation sites (tertiary alicyclic amines) is 1. The van der Waals surface area contributed by atoms with Gasteiger partial charge in [-0.15, -0.1) is 0 Å². The maximum atomic E-state index is 14.7. The first-order valence-electron chi connectivity index (χ1n) is 25.8. The highest BCUT2D eigenvalue weighted by molar-refractivity contribution is 7.90. The van der Waals surface area contributed by atoms with Gasteiger partial charge in [0.15, 0.2) is 0 Å². The number of aromatic nitrogens is 2. The summed E-state index contributed by atoms with van der Waals surface area (Å²) < 4.78 is 48.5. The Morgan fingerprint density at radius 3 is 2.51 bits per heavy atom. The molecular weight excluding hydrogens is 937 g/mol. The number of rotatable bonds is 12. The number of sulfonamides is 1. The summed E-state index contributed by atoms with van der Waals surface area (Å²) in [4.78, 5) is 41.1. The number of benzene rings is 3. The molecule has 72 heavy (non-hydrogen) atoms. The van der Waals surface area contributed by atoms with Crippen molar-refractivity contribution in [3.05, 3.63) is 106 Å². The van der Waals surface area contributed by atoms with Crippen molar-refractivity contribution < 1.29 is 37.5 Å². The van der Waals surface area contributed by atoms with Gasteiger partial charge < -0.3 is 39.4 Å². The fraction of sp³-hybridized carbons (Fsp3) is 0.519. The van der Waals surface area contributed by atoms with Crippen molar-refractivity contribution in [2.24, 2.45) is 11.3 Å². The minimum absolute atomic E-state index is 0.111. The van der Waals surface area contributed by atoms with Gasteiger partial charge in [0.2, 0.25) is 5.88 Å². The first-order valence-corrected chi connectivity index (χ1v) is 27.3. The number of H-pyrrole nitrogens is 1. The van der Waals surface area contributed by atoms with E-state index in [0.29, 0.717) is 80.8 Å². The lowest BCUT2D eigenvalue weighted by atomic mass is 9.59. The standard InChI is InChI=1S/C54H66N8O9S/c1-34(2)40-6-4-5-7-41(40)44-12-17-53(3,64)33-60(44)38-29-54(30-38)18-21-59(22-19-54)37-8-10-42(46(27-37)61-45-16-25-70-32-49(45)71-52-48(61)26-36-13-20-55-50(36)57-52)51(63)58-72(67,68)39-9-11-43(47(28-39)62(65)66)56-31-35-14-23-69-24-15-35/h4-11,13,20,26-28,34-35,38,44-45,49,56,64H,12,14-19,21-25,29-33H2,1-3H3,(H,55,57)(H,58,63)/t44-,45+,49+,53-/m1/s1. The van der Waals surface area contributed by atoms with E-state index in [1.54, 1.807) is 12.3 Å². The molecule has 11 rings (SSSR count). The largest absolute Gasteiger partial charge is 0.468 e. The molecule has 18 heteroatoms. The molecule has 3 aromatic carbocycles. The topological polar surface area (TPSA) is 205 Å². The molecule has 5 aliphatic heterocycles. The van der Waals surface area contributed by atoms with Crippen molar-refractivity contribution in [3.63, 3.8) is 0 Å². The molecule has 4 N–H and O–H groups in total. The lowest BCUT2D eigenvalue weighted by Gasteiger charge is -2.59. The van der Waals surface area contributed by atoms with Crippen molar-refractivity contribution in [1.82, 2.24) is 19.6 Å². The number of nitrogens with one attached hydrogen (secondary N) is 3. The number of nitro groups is 1. The molecule has 17 nitrogen and oxygen atoms in total. The highest BCUT2D eigenvalue weighted by Gasteiger charge is 2.52. The van der Waals surface area contributed by atoms with Gasteiger partial charge in [-0.05, 0) is 136 Å². The number of anilines is 4. The van der Waals surface area contributed by atoms with Gasteiger partial charge in [-0.3, -0.25) is 19.8 Å². The summed E-state index contributed by atoms with van der Waals surface area (Å²) >= 11 is 0. The Bertz CT molecular complexity index is 2960. The molecule has 2 aromatic heterocycles. The first kappa shape index (κ1) is 48.5. The molecule has 7 heterocycles. The van der Waals surface area contributed by atoms with Crippen molar-refractivity contribution in [2.75, 3.05) is 67.7 Å². The maximum Gasteiger partial charge on any atom is 0.293 e. The van der Waals surface area contributed by atoms with E-state index in [1.165, 1.54) is 23.3 Å². The second-order valence-corrected chi connectivity index (χ2v) is 23.4. The number of nitrogens with zero attached hydrogens (tertiary/aromatic N) is 5. The van der Waals surface area contributed by atoms with Crippen LogP contribution < -0.4 is 24.6 Å². The molecule has 4 atom stereocenters. The molecule has 1 saturated carbocycles. The zero-order valence-electron chi connectivity index (χ0n) is 41.3. The van der Waals surface area contributed by atoms with Crippen molar-refractivity contribution in [3.8, 4) is 5.88 Å². The minimum Gasteiger partial charge on any atom is -0.468 e. The van der Waals surface area contributed by atoms with E-state index in [0.717, 1.165) is 81.6 Å². The Morgan fingerprint density at radius 2 is 1.74 bits per heavy atom. The van der Waals surface area contributed by atoms with Crippen molar-refractivity contribution >= 4 is 55.4 Å². The number of amides is 1. The third-order valence-electron chi connectivity index (χ3n) is 16.6. The molecule has 382 valence electrons. The zero-order chi connectivity index (χ0) is 49.9. The van der Waals surface area contributed by atoms with E-state index >= 15 is 0 Å². The van der Waals surface area contributed by atoms with Gasteiger partial charge in [0.1, 0.15) is 23.1 Å². The summed E-state index contributed by atoms with van der Waals surface area (Å²) in [5.41, 5.74) is 4.81. The maximum absolute atomic E-state index is 14.7. The van der Waals surface area contributed by atoms with Crippen LogP contribution in [0.4, 0.5) is 28.4 Å². The first-order chi connectivity index (χ1) is 34.6. The second-order valence-electron chi connectivity index (χ2n) is 21.8. The van der Waals surface area contributed by atoms with Crippen LogP contribution in [0.3, 0.4) is 0 Å². The molecular formula is C54H66N8O9S. The average Bonchev–Trinajstić information content (AvgIpc) is 3.83. The molecule has 0 radical (unpaired) electrons. The number of ether oxygens (including phenoxy) is 3. The van der Waals surface area contributed by atoms with E-state index in [9.17, 15) is 28.4 Å². The Labute approximate surface area is 420 Å². The fourth-order valence-electron chi connectivity index (χ4n) is 12.6. The van der Waals surface area contributed by atoms with Crippen LogP contribution in [0.5, 0.6) is 5.88 Å². The van der Waals surface area contributed by atoms with Crippen LogP contribution in [0.1, 0.15) is 112 Å². The van der Waals surface area contributed by atoms with Crippen LogP contribution in [-0.2, 0) is 19.5 Å². The van der Waals surface area contributed by atoms with Gasteiger partial charge in [-0.25, -0.2) is 13.1 Å². The van der Waals surface area contributed by atoms with Gasteiger partial charge in [0.05, 0.1) is 39.3 Å². The lowest BCUT2D eigenvalue weighted by Crippen LogP contribution is -2.60. The highest BCUT2D eigenvalue weighted by atomic mass is 32.2. The Kier molecular flexibility index (Phi) is 13.0.